The maximum Gasteiger partial charge on any atom is 0.407 e. The summed E-state index contributed by atoms with van der Waals surface area (Å²) in [5.41, 5.74) is -0.955. The number of methoxy groups -OCH3 is 1. The van der Waals surface area contributed by atoms with Crippen molar-refractivity contribution in [2.24, 2.45) is 11.8 Å². The van der Waals surface area contributed by atoms with Crippen LogP contribution in [0, 0.1) is 11.8 Å². The van der Waals surface area contributed by atoms with Gasteiger partial charge >= 0.3 is 12.1 Å². The van der Waals surface area contributed by atoms with Crippen molar-refractivity contribution in [1.82, 2.24) is 10.2 Å². The van der Waals surface area contributed by atoms with Gasteiger partial charge in [0.25, 0.3) is 0 Å². The lowest BCUT2D eigenvalue weighted by molar-refractivity contribution is -0.158. The first-order valence-electron chi connectivity index (χ1n) is 8.26. The van der Waals surface area contributed by atoms with Crippen LogP contribution in [0.3, 0.4) is 0 Å². The Bertz CT molecular complexity index is 501. The quantitative estimate of drug-likeness (QED) is 0.694. The number of carbonyl (C=O) groups is 3. The zero-order valence-corrected chi connectivity index (χ0v) is 14.4. The highest BCUT2D eigenvalue weighted by Crippen LogP contribution is 2.36. The van der Waals surface area contributed by atoms with Gasteiger partial charge in [0.2, 0.25) is 0 Å². The number of rotatable bonds is 7. The third-order valence-electron chi connectivity index (χ3n) is 4.96. The van der Waals surface area contributed by atoms with Gasteiger partial charge in [-0.25, -0.2) is 9.59 Å². The maximum atomic E-state index is 12.7. The molecule has 136 valence electrons. The van der Waals surface area contributed by atoms with Gasteiger partial charge in [0, 0.05) is 26.1 Å². The number of ketones is 1. The SMILES string of the molecule is COCC1(COC(=O)NC(C(=O)O)C(C)C)C(=O)C2CCN1CC2. The summed E-state index contributed by atoms with van der Waals surface area (Å²) in [5, 5.41) is 11.5. The fourth-order valence-corrected chi connectivity index (χ4v) is 3.58. The number of amides is 1. The molecule has 3 saturated heterocycles. The Morgan fingerprint density at radius 3 is 2.42 bits per heavy atom. The van der Waals surface area contributed by atoms with E-state index in [-0.39, 0.29) is 30.8 Å². The highest BCUT2D eigenvalue weighted by molar-refractivity contribution is 5.92. The van der Waals surface area contributed by atoms with Gasteiger partial charge in [-0.05, 0) is 18.8 Å². The number of ether oxygens (including phenoxy) is 2. The molecule has 0 saturated carbocycles. The minimum absolute atomic E-state index is 0.0146. The number of Topliss-reactive ketones (excluding diaryl/α,β-unsaturated/α-hetero) is 1. The molecular weight excluding hydrogens is 316 g/mol. The number of carboxylic acids is 1. The molecule has 2 N–H and O–H groups in total. The van der Waals surface area contributed by atoms with Crippen molar-refractivity contribution in [2.45, 2.75) is 38.3 Å². The summed E-state index contributed by atoms with van der Waals surface area (Å²) in [7, 11) is 1.51. The first-order valence-corrected chi connectivity index (χ1v) is 8.26. The summed E-state index contributed by atoms with van der Waals surface area (Å²) >= 11 is 0. The molecule has 24 heavy (non-hydrogen) atoms. The molecule has 0 aromatic heterocycles. The highest BCUT2D eigenvalue weighted by atomic mass is 16.6. The third-order valence-corrected chi connectivity index (χ3v) is 4.96. The molecule has 0 spiro atoms. The third kappa shape index (κ3) is 3.54. The van der Waals surface area contributed by atoms with E-state index in [0.717, 1.165) is 25.9 Å². The molecule has 2 atom stereocenters. The van der Waals surface area contributed by atoms with Crippen LogP contribution in [0.4, 0.5) is 4.79 Å². The topological polar surface area (TPSA) is 105 Å². The van der Waals surface area contributed by atoms with Crippen molar-refractivity contribution < 1.29 is 29.0 Å². The van der Waals surface area contributed by atoms with Gasteiger partial charge in [-0.2, -0.15) is 0 Å². The minimum Gasteiger partial charge on any atom is -0.480 e. The monoisotopic (exact) mass is 342 g/mol. The van der Waals surface area contributed by atoms with E-state index in [1.807, 2.05) is 4.90 Å². The Hall–Kier alpha value is -1.67. The predicted molar refractivity (Wildman–Crippen MR) is 84.7 cm³/mol. The second-order valence-electron chi connectivity index (χ2n) is 6.87. The van der Waals surface area contributed by atoms with Crippen molar-refractivity contribution in [3.05, 3.63) is 0 Å². The van der Waals surface area contributed by atoms with Crippen LogP contribution >= 0.6 is 0 Å². The van der Waals surface area contributed by atoms with Crippen molar-refractivity contribution in [3.8, 4) is 0 Å². The predicted octanol–water partition coefficient (Wildman–Crippen LogP) is 0.502. The Morgan fingerprint density at radius 1 is 1.33 bits per heavy atom. The van der Waals surface area contributed by atoms with Gasteiger partial charge in [-0.3, -0.25) is 9.69 Å². The second-order valence-corrected chi connectivity index (χ2v) is 6.87. The fourth-order valence-electron chi connectivity index (χ4n) is 3.58. The summed E-state index contributed by atoms with van der Waals surface area (Å²) < 4.78 is 10.5. The van der Waals surface area contributed by atoms with Gasteiger partial charge in [-0.1, -0.05) is 13.8 Å². The van der Waals surface area contributed by atoms with Crippen LogP contribution in [-0.4, -0.2) is 72.8 Å². The molecule has 2 unspecified atom stereocenters. The number of aliphatic carboxylic acids is 1. The number of carboxylic acid groups (broad SMARTS) is 1. The maximum absolute atomic E-state index is 12.7. The summed E-state index contributed by atoms with van der Waals surface area (Å²) in [5.74, 6) is -1.36. The number of carbonyl (C=O) groups excluding carboxylic acids is 2. The molecule has 0 aliphatic carbocycles. The van der Waals surface area contributed by atoms with Crippen molar-refractivity contribution >= 4 is 17.8 Å². The summed E-state index contributed by atoms with van der Waals surface area (Å²) in [6.07, 6.45) is 0.817. The van der Waals surface area contributed by atoms with Gasteiger partial charge < -0.3 is 19.9 Å². The van der Waals surface area contributed by atoms with Crippen LogP contribution in [0.2, 0.25) is 0 Å². The Kier molecular flexibility index (Phi) is 5.82. The van der Waals surface area contributed by atoms with Gasteiger partial charge in [0.05, 0.1) is 6.61 Å². The molecule has 3 fully saturated rings. The molecule has 8 nitrogen and oxygen atoms in total. The number of piperidine rings is 3. The van der Waals surface area contributed by atoms with Gasteiger partial charge in [0.15, 0.2) is 5.78 Å². The van der Waals surface area contributed by atoms with Crippen LogP contribution in [0.5, 0.6) is 0 Å². The molecule has 0 aromatic rings. The number of nitrogens with one attached hydrogen (secondary N) is 1. The summed E-state index contributed by atoms with van der Waals surface area (Å²) in [6, 6.07) is -1.03. The Balaban J connectivity index is 2.03. The largest absolute Gasteiger partial charge is 0.480 e. The van der Waals surface area contributed by atoms with Crippen molar-refractivity contribution in [3.63, 3.8) is 0 Å². The first-order chi connectivity index (χ1) is 11.3. The fraction of sp³-hybridized carbons (Fsp3) is 0.812. The average molecular weight is 342 g/mol. The van der Waals surface area contributed by atoms with Crippen LogP contribution < -0.4 is 5.32 Å². The standard InChI is InChI=1S/C16H26N2O6/c1-10(2)12(14(20)21)17-15(22)24-9-16(8-23-3)13(19)11-4-6-18(16)7-5-11/h10-12H,4-9H2,1-3H3,(H,17,22)(H,20,21). The Morgan fingerprint density at radius 2 is 1.96 bits per heavy atom. The minimum atomic E-state index is -1.12. The molecule has 2 bridgehead atoms. The molecule has 1 amide bonds. The van der Waals surface area contributed by atoms with Crippen LogP contribution in [0.15, 0.2) is 0 Å². The average Bonchev–Trinajstić information content (AvgIpc) is 2.54. The summed E-state index contributed by atoms with van der Waals surface area (Å²) in [4.78, 5) is 37.9. The number of alkyl carbamates (subject to hydrolysis) is 1. The lowest BCUT2D eigenvalue weighted by atomic mass is 9.74. The normalized spacial score (nSPS) is 30.2. The van der Waals surface area contributed by atoms with Crippen molar-refractivity contribution in [2.75, 3.05) is 33.4 Å². The first kappa shape index (κ1) is 18.7. The van der Waals surface area contributed by atoms with E-state index >= 15 is 0 Å². The molecule has 3 heterocycles. The van der Waals surface area contributed by atoms with E-state index in [0.29, 0.717) is 0 Å². The summed E-state index contributed by atoms with van der Waals surface area (Å²) in [6.45, 7) is 4.96. The highest BCUT2D eigenvalue weighted by Gasteiger charge is 2.54. The molecule has 3 aliphatic heterocycles. The van der Waals surface area contributed by atoms with E-state index < -0.39 is 23.6 Å². The second kappa shape index (κ2) is 7.48. The number of hydrogen-bond donors (Lipinski definition) is 2. The molecule has 3 rings (SSSR count). The molecule has 3 aliphatic rings. The van der Waals surface area contributed by atoms with E-state index in [9.17, 15) is 14.4 Å². The van der Waals surface area contributed by atoms with Crippen molar-refractivity contribution in [1.29, 1.82) is 0 Å². The van der Waals surface area contributed by atoms with E-state index in [1.54, 1.807) is 13.8 Å². The number of hydrogen-bond acceptors (Lipinski definition) is 6. The van der Waals surface area contributed by atoms with E-state index in [2.05, 4.69) is 5.32 Å². The van der Waals surface area contributed by atoms with Crippen LogP contribution in [0.1, 0.15) is 26.7 Å². The van der Waals surface area contributed by atoms with Crippen LogP contribution in [0.25, 0.3) is 0 Å². The smallest absolute Gasteiger partial charge is 0.407 e. The number of fused-ring (bicyclic) bond motifs is 3. The zero-order valence-electron chi connectivity index (χ0n) is 14.4. The lowest BCUT2D eigenvalue weighted by Crippen LogP contribution is -2.69. The molecule has 0 aromatic carbocycles. The molecular formula is C16H26N2O6. The Labute approximate surface area is 141 Å². The van der Waals surface area contributed by atoms with E-state index in [4.69, 9.17) is 14.6 Å². The van der Waals surface area contributed by atoms with Gasteiger partial charge in [0.1, 0.15) is 18.2 Å². The number of nitrogens with zero attached hydrogens (tertiary/aromatic N) is 1. The zero-order chi connectivity index (χ0) is 17.9. The molecule has 0 radical (unpaired) electrons. The van der Waals surface area contributed by atoms with Gasteiger partial charge in [-0.15, -0.1) is 0 Å². The van der Waals surface area contributed by atoms with Crippen LogP contribution in [-0.2, 0) is 19.1 Å². The van der Waals surface area contributed by atoms with E-state index in [1.165, 1.54) is 7.11 Å². The lowest BCUT2D eigenvalue weighted by Gasteiger charge is -2.51. The molecule has 8 heteroatoms.